The van der Waals surface area contributed by atoms with E-state index in [1.54, 1.807) is 6.33 Å². The van der Waals surface area contributed by atoms with E-state index in [2.05, 4.69) is 26.9 Å². The molecule has 0 saturated carbocycles. The second-order valence-corrected chi connectivity index (χ2v) is 7.95. The molecule has 0 spiro atoms. The predicted molar refractivity (Wildman–Crippen MR) is 126 cm³/mol. The van der Waals surface area contributed by atoms with E-state index < -0.39 is 0 Å². The molecule has 0 fully saturated rings. The largest absolute Gasteiger partial charge is 0.493 e. The Hall–Kier alpha value is -3.32. The van der Waals surface area contributed by atoms with Crippen LogP contribution in [0.4, 0.5) is 0 Å². The zero-order valence-electron chi connectivity index (χ0n) is 19.0. The molecule has 2 atom stereocenters. The summed E-state index contributed by atoms with van der Waals surface area (Å²) >= 11 is 0. The van der Waals surface area contributed by atoms with Crippen LogP contribution in [0.1, 0.15) is 65.3 Å². The molecular weight excluding hydrogens is 406 g/mol. The molecule has 2 aromatic heterocycles. The van der Waals surface area contributed by atoms with Crippen molar-refractivity contribution in [1.29, 1.82) is 0 Å². The summed E-state index contributed by atoms with van der Waals surface area (Å²) in [6, 6.07) is 7.08. The van der Waals surface area contributed by atoms with Crippen molar-refractivity contribution in [3.05, 3.63) is 51.4 Å². The minimum absolute atomic E-state index is 0.138. The number of nitrogens with zero attached hydrogens (tertiary/aromatic N) is 6. The van der Waals surface area contributed by atoms with Crippen molar-refractivity contribution in [2.45, 2.75) is 71.4 Å². The van der Waals surface area contributed by atoms with Gasteiger partial charge in [-0.1, -0.05) is 63.7 Å². The number of aromatic nitrogens is 4. The third-order valence-electron chi connectivity index (χ3n) is 5.54. The van der Waals surface area contributed by atoms with E-state index in [0.717, 1.165) is 44.1 Å². The molecule has 1 N–H and O–H groups in total. The Bertz CT molecular complexity index is 1130. The lowest BCUT2D eigenvalue weighted by Crippen LogP contribution is -2.21. The first kappa shape index (κ1) is 23.3. The summed E-state index contributed by atoms with van der Waals surface area (Å²) in [5.41, 5.74) is 10.2. The van der Waals surface area contributed by atoms with Crippen molar-refractivity contribution < 1.29 is 4.74 Å². The summed E-state index contributed by atoms with van der Waals surface area (Å²) in [5, 5.41) is 3.94. The second-order valence-electron chi connectivity index (χ2n) is 7.95. The van der Waals surface area contributed by atoms with E-state index in [0.29, 0.717) is 23.8 Å². The minimum Gasteiger partial charge on any atom is -0.493 e. The summed E-state index contributed by atoms with van der Waals surface area (Å²) in [5.74, 6) is 1.10. The molecule has 2 heterocycles. The molecule has 0 saturated heterocycles. The van der Waals surface area contributed by atoms with Gasteiger partial charge in [-0.15, -0.1) is 0 Å². The van der Waals surface area contributed by atoms with E-state index in [1.165, 1.54) is 0 Å². The smallest absolute Gasteiger partial charge is 0.279 e. The first-order valence-corrected chi connectivity index (χ1v) is 11.3. The molecule has 0 aliphatic heterocycles. The Morgan fingerprint density at radius 3 is 2.78 bits per heavy atom. The molecule has 0 radical (unpaired) electrons. The van der Waals surface area contributed by atoms with Crippen molar-refractivity contribution in [1.82, 2.24) is 19.5 Å². The van der Waals surface area contributed by atoms with Gasteiger partial charge in [-0.2, -0.15) is 0 Å². The Labute approximate surface area is 187 Å². The van der Waals surface area contributed by atoms with Crippen molar-refractivity contribution >= 4 is 11.2 Å². The highest BCUT2D eigenvalue weighted by molar-refractivity contribution is 5.74. The molecule has 0 aliphatic rings. The van der Waals surface area contributed by atoms with Gasteiger partial charge in [-0.05, 0) is 30.5 Å². The average Bonchev–Trinajstić information content (AvgIpc) is 3.22. The normalized spacial score (nSPS) is 13.0. The van der Waals surface area contributed by atoms with Gasteiger partial charge in [-0.25, -0.2) is 9.97 Å². The SMILES string of the molecule is CCCCCCC(C(C)N=[N+]=[N-])n1cnc2c(=O)[nH]c(-c3ccccc3OCCC)nc21. The fourth-order valence-corrected chi connectivity index (χ4v) is 3.85. The van der Waals surface area contributed by atoms with Crippen molar-refractivity contribution in [3.63, 3.8) is 0 Å². The number of aromatic amines is 1. The van der Waals surface area contributed by atoms with Crippen LogP contribution in [0, 0.1) is 0 Å². The van der Waals surface area contributed by atoms with E-state index in [4.69, 9.17) is 15.3 Å². The predicted octanol–water partition coefficient (Wildman–Crippen LogP) is 5.79. The molecule has 32 heavy (non-hydrogen) atoms. The maximum atomic E-state index is 12.8. The van der Waals surface area contributed by atoms with Gasteiger partial charge in [0.15, 0.2) is 11.2 Å². The van der Waals surface area contributed by atoms with E-state index in [1.807, 2.05) is 42.7 Å². The quantitative estimate of drug-likeness (QED) is 0.167. The number of hydrogen-bond acceptors (Lipinski definition) is 5. The zero-order chi connectivity index (χ0) is 22.9. The van der Waals surface area contributed by atoms with E-state index in [-0.39, 0.29) is 23.2 Å². The van der Waals surface area contributed by atoms with Gasteiger partial charge in [0.25, 0.3) is 5.56 Å². The van der Waals surface area contributed by atoms with Crippen LogP contribution in [0.25, 0.3) is 33.0 Å². The summed E-state index contributed by atoms with van der Waals surface area (Å²) < 4.78 is 7.74. The van der Waals surface area contributed by atoms with Crippen LogP contribution in [0.15, 0.2) is 40.5 Å². The van der Waals surface area contributed by atoms with Crippen LogP contribution in [-0.4, -0.2) is 32.2 Å². The molecule has 1 aromatic carbocycles. The summed E-state index contributed by atoms with van der Waals surface area (Å²) in [6.45, 7) is 6.67. The van der Waals surface area contributed by atoms with Crippen molar-refractivity contribution in [2.75, 3.05) is 6.61 Å². The van der Waals surface area contributed by atoms with E-state index >= 15 is 0 Å². The highest BCUT2D eigenvalue weighted by Crippen LogP contribution is 2.29. The fraction of sp³-hybridized carbons (Fsp3) is 0.522. The van der Waals surface area contributed by atoms with Crippen molar-refractivity contribution in [2.24, 2.45) is 5.11 Å². The maximum Gasteiger partial charge on any atom is 0.279 e. The van der Waals surface area contributed by atoms with Crippen LogP contribution < -0.4 is 10.3 Å². The monoisotopic (exact) mass is 437 g/mol. The Morgan fingerprint density at radius 2 is 2.03 bits per heavy atom. The third-order valence-corrected chi connectivity index (χ3v) is 5.54. The summed E-state index contributed by atoms with van der Waals surface area (Å²) in [4.78, 5) is 27.8. The number of azide groups is 1. The summed E-state index contributed by atoms with van der Waals surface area (Å²) in [7, 11) is 0. The molecule has 0 amide bonds. The second kappa shape index (κ2) is 11.3. The average molecular weight is 438 g/mol. The standard InChI is InChI=1S/C23H31N7O2/c1-4-6-7-8-12-18(16(3)28-29-24)30-15-25-20-22(30)26-21(27-23(20)31)17-11-9-10-13-19(17)32-14-5-2/h9-11,13,15-16,18H,4-8,12,14H2,1-3H3,(H,26,27,31). The van der Waals surface area contributed by atoms with Crippen LogP contribution in [-0.2, 0) is 0 Å². The maximum absolute atomic E-state index is 12.8. The number of H-pyrrole nitrogens is 1. The molecular formula is C23H31N7O2. The van der Waals surface area contributed by atoms with Gasteiger partial charge in [0.1, 0.15) is 11.6 Å². The Balaban J connectivity index is 2.06. The Kier molecular flexibility index (Phi) is 8.27. The van der Waals surface area contributed by atoms with Crippen LogP contribution in [0.3, 0.4) is 0 Å². The van der Waals surface area contributed by atoms with Crippen LogP contribution in [0.2, 0.25) is 0 Å². The number of fused-ring (bicyclic) bond motifs is 1. The third kappa shape index (κ3) is 5.29. The first-order valence-electron chi connectivity index (χ1n) is 11.3. The van der Waals surface area contributed by atoms with Gasteiger partial charge in [-0.3, -0.25) is 4.79 Å². The van der Waals surface area contributed by atoms with Gasteiger partial charge in [0.2, 0.25) is 0 Å². The van der Waals surface area contributed by atoms with Gasteiger partial charge >= 0.3 is 0 Å². The number of imidazole rings is 1. The fourth-order valence-electron chi connectivity index (χ4n) is 3.85. The molecule has 3 aromatic rings. The zero-order valence-corrected chi connectivity index (χ0v) is 19.0. The number of ether oxygens (including phenoxy) is 1. The lowest BCUT2D eigenvalue weighted by molar-refractivity contribution is 0.318. The molecule has 0 aliphatic carbocycles. The Morgan fingerprint density at radius 1 is 1.22 bits per heavy atom. The first-order chi connectivity index (χ1) is 15.6. The molecule has 2 unspecified atom stereocenters. The summed E-state index contributed by atoms with van der Waals surface area (Å²) in [6.07, 6.45) is 7.71. The molecule has 0 bridgehead atoms. The number of hydrogen-bond donors (Lipinski definition) is 1. The van der Waals surface area contributed by atoms with Crippen LogP contribution >= 0.6 is 0 Å². The van der Waals surface area contributed by atoms with Gasteiger partial charge < -0.3 is 14.3 Å². The lowest BCUT2D eigenvalue weighted by atomic mass is 10.0. The molecule has 170 valence electrons. The molecule has 9 nitrogen and oxygen atoms in total. The topological polar surface area (TPSA) is 122 Å². The number of unbranched alkanes of at least 4 members (excludes halogenated alkanes) is 3. The number of rotatable bonds is 12. The van der Waals surface area contributed by atoms with Crippen molar-refractivity contribution in [3.8, 4) is 17.1 Å². The molecule has 3 rings (SSSR count). The highest BCUT2D eigenvalue weighted by atomic mass is 16.5. The van der Waals surface area contributed by atoms with Gasteiger partial charge in [0.05, 0.1) is 24.5 Å². The number of para-hydroxylation sites is 1. The number of nitrogens with one attached hydrogen (secondary N) is 1. The van der Waals surface area contributed by atoms with Crippen LogP contribution in [0.5, 0.6) is 5.75 Å². The highest BCUT2D eigenvalue weighted by Gasteiger charge is 2.23. The lowest BCUT2D eigenvalue weighted by Gasteiger charge is -2.22. The van der Waals surface area contributed by atoms with E-state index in [9.17, 15) is 4.79 Å². The minimum atomic E-state index is -0.310. The van der Waals surface area contributed by atoms with Gasteiger partial charge in [0, 0.05) is 11.0 Å². The number of benzene rings is 1. The molecule has 9 heteroatoms.